The summed E-state index contributed by atoms with van der Waals surface area (Å²) in [5.74, 6) is 0.344. The van der Waals surface area contributed by atoms with Gasteiger partial charge in [0.2, 0.25) is 0 Å². The molecule has 0 aliphatic heterocycles. The van der Waals surface area contributed by atoms with Crippen LogP contribution in [-0.2, 0) is 5.41 Å². The van der Waals surface area contributed by atoms with E-state index in [1.165, 1.54) is 24.8 Å². The fourth-order valence-corrected chi connectivity index (χ4v) is 3.12. The third-order valence-corrected chi connectivity index (χ3v) is 4.15. The number of hydrogen-bond acceptors (Lipinski definition) is 2. The zero-order valence-corrected chi connectivity index (χ0v) is 10.3. The average Bonchev–Trinajstić information content (AvgIpc) is 2.16. The highest BCUT2D eigenvalue weighted by atomic mass is 79.9. The molecule has 0 saturated heterocycles. The van der Waals surface area contributed by atoms with Gasteiger partial charge in [0.25, 0.3) is 0 Å². The highest BCUT2D eigenvalue weighted by Crippen LogP contribution is 2.49. The standard InChI is InChI=1S/C12H16BrNO/c13-11-3-2-9(15)8-10(11)12(6-7-14)4-1-5-12/h2-3,8,15H,1,4-7,14H2. The van der Waals surface area contributed by atoms with Gasteiger partial charge in [-0.3, -0.25) is 0 Å². The molecular weight excluding hydrogens is 254 g/mol. The molecule has 1 aliphatic carbocycles. The quantitative estimate of drug-likeness (QED) is 0.887. The number of phenols is 1. The van der Waals surface area contributed by atoms with Gasteiger partial charge in [0.1, 0.15) is 5.75 Å². The molecule has 1 aliphatic rings. The van der Waals surface area contributed by atoms with Crippen molar-refractivity contribution in [1.29, 1.82) is 0 Å². The molecule has 82 valence electrons. The molecule has 2 nitrogen and oxygen atoms in total. The van der Waals surface area contributed by atoms with E-state index in [2.05, 4.69) is 15.9 Å². The molecule has 15 heavy (non-hydrogen) atoms. The van der Waals surface area contributed by atoms with E-state index in [-0.39, 0.29) is 5.41 Å². The van der Waals surface area contributed by atoms with Crippen molar-refractivity contribution in [2.45, 2.75) is 31.1 Å². The van der Waals surface area contributed by atoms with Crippen LogP contribution in [0.15, 0.2) is 22.7 Å². The topological polar surface area (TPSA) is 46.2 Å². The molecule has 0 spiro atoms. The van der Waals surface area contributed by atoms with E-state index in [1.807, 2.05) is 12.1 Å². The van der Waals surface area contributed by atoms with Crippen molar-refractivity contribution in [3.63, 3.8) is 0 Å². The molecule has 0 heterocycles. The molecule has 3 N–H and O–H groups in total. The SMILES string of the molecule is NCCC1(c2cc(O)ccc2Br)CCC1. The Morgan fingerprint density at radius 3 is 2.67 bits per heavy atom. The first-order valence-corrected chi connectivity index (χ1v) is 6.16. The fourth-order valence-electron chi connectivity index (χ4n) is 2.45. The van der Waals surface area contributed by atoms with Gasteiger partial charge in [-0.1, -0.05) is 22.4 Å². The van der Waals surface area contributed by atoms with Gasteiger partial charge < -0.3 is 10.8 Å². The summed E-state index contributed by atoms with van der Waals surface area (Å²) in [6.45, 7) is 0.710. The molecule has 3 heteroatoms. The highest BCUT2D eigenvalue weighted by molar-refractivity contribution is 9.10. The maximum absolute atomic E-state index is 9.54. The van der Waals surface area contributed by atoms with E-state index in [0.29, 0.717) is 12.3 Å². The Balaban J connectivity index is 2.37. The van der Waals surface area contributed by atoms with Crippen LogP contribution in [0, 0.1) is 0 Å². The lowest BCUT2D eigenvalue weighted by molar-refractivity contribution is 0.227. The molecule has 0 atom stereocenters. The molecule has 0 bridgehead atoms. The second kappa shape index (κ2) is 4.14. The van der Waals surface area contributed by atoms with Gasteiger partial charge >= 0.3 is 0 Å². The Bertz CT molecular complexity index is 361. The highest BCUT2D eigenvalue weighted by Gasteiger charge is 2.39. The molecule has 1 aromatic rings. The van der Waals surface area contributed by atoms with Crippen LogP contribution in [0.1, 0.15) is 31.2 Å². The zero-order chi connectivity index (χ0) is 10.9. The Kier molecular flexibility index (Phi) is 3.03. The Hall–Kier alpha value is -0.540. The number of phenolic OH excluding ortho intramolecular Hbond substituents is 1. The Labute approximate surface area is 98.6 Å². The minimum Gasteiger partial charge on any atom is -0.508 e. The first-order valence-electron chi connectivity index (χ1n) is 5.37. The number of aromatic hydroxyl groups is 1. The molecule has 1 fully saturated rings. The minimum atomic E-state index is 0.215. The first-order chi connectivity index (χ1) is 7.18. The number of halogens is 1. The first kappa shape index (κ1) is 11.0. The van der Waals surface area contributed by atoms with E-state index < -0.39 is 0 Å². The minimum absolute atomic E-state index is 0.215. The van der Waals surface area contributed by atoms with Crippen molar-refractivity contribution in [2.75, 3.05) is 6.54 Å². The number of hydrogen-bond donors (Lipinski definition) is 2. The van der Waals surface area contributed by atoms with Crippen LogP contribution in [0.25, 0.3) is 0 Å². The molecule has 0 radical (unpaired) electrons. The van der Waals surface area contributed by atoms with Crippen molar-refractivity contribution in [1.82, 2.24) is 0 Å². The monoisotopic (exact) mass is 269 g/mol. The average molecular weight is 270 g/mol. The van der Waals surface area contributed by atoms with Crippen LogP contribution in [-0.4, -0.2) is 11.7 Å². The molecule has 0 unspecified atom stereocenters. The maximum atomic E-state index is 9.54. The summed E-state index contributed by atoms with van der Waals surface area (Å²) in [6.07, 6.45) is 4.65. The van der Waals surface area contributed by atoms with Gasteiger partial charge in [-0.2, -0.15) is 0 Å². The molecule has 0 amide bonds. The lowest BCUT2D eigenvalue weighted by Gasteiger charge is -2.43. The van der Waals surface area contributed by atoms with E-state index in [1.54, 1.807) is 6.07 Å². The van der Waals surface area contributed by atoms with Gasteiger partial charge in [0, 0.05) is 4.47 Å². The van der Waals surface area contributed by atoms with Gasteiger partial charge in [-0.15, -0.1) is 0 Å². The van der Waals surface area contributed by atoms with Gasteiger partial charge in [0.05, 0.1) is 0 Å². The van der Waals surface area contributed by atoms with E-state index in [0.717, 1.165) is 10.9 Å². The Morgan fingerprint density at radius 2 is 2.13 bits per heavy atom. The van der Waals surface area contributed by atoms with Crippen molar-refractivity contribution in [2.24, 2.45) is 5.73 Å². The lowest BCUT2D eigenvalue weighted by Crippen LogP contribution is -2.36. The Morgan fingerprint density at radius 1 is 1.40 bits per heavy atom. The normalized spacial score (nSPS) is 18.5. The summed E-state index contributed by atoms with van der Waals surface area (Å²) < 4.78 is 1.09. The lowest BCUT2D eigenvalue weighted by atomic mass is 9.62. The van der Waals surface area contributed by atoms with Gasteiger partial charge in [-0.05, 0) is 55.0 Å². The maximum Gasteiger partial charge on any atom is 0.115 e. The molecule has 1 saturated carbocycles. The van der Waals surface area contributed by atoms with Crippen LogP contribution < -0.4 is 5.73 Å². The van der Waals surface area contributed by atoms with Gasteiger partial charge in [0.15, 0.2) is 0 Å². The predicted octanol–water partition coefficient (Wildman–Crippen LogP) is 2.93. The van der Waals surface area contributed by atoms with Crippen LogP contribution in [0.5, 0.6) is 5.75 Å². The van der Waals surface area contributed by atoms with Crippen molar-refractivity contribution < 1.29 is 5.11 Å². The second-order valence-electron chi connectivity index (χ2n) is 4.34. The molecule has 0 aromatic heterocycles. The summed E-state index contributed by atoms with van der Waals surface area (Å²) in [5.41, 5.74) is 7.11. The summed E-state index contributed by atoms with van der Waals surface area (Å²) in [5, 5.41) is 9.54. The number of rotatable bonds is 3. The van der Waals surface area contributed by atoms with Crippen LogP contribution >= 0.6 is 15.9 Å². The smallest absolute Gasteiger partial charge is 0.115 e. The zero-order valence-electron chi connectivity index (χ0n) is 8.67. The summed E-state index contributed by atoms with van der Waals surface area (Å²) in [7, 11) is 0. The fraction of sp³-hybridized carbons (Fsp3) is 0.500. The summed E-state index contributed by atoms with van der Waals surface area (Å²) >= 11 is 3.56. The third kappa shape index (κ3) is 1.91. The number of benzene rings is 1. The van der Waals surface area contributed by atoms with E-state index in [9.17, 15) is 5.11 Å². The summed E-state index contributed by atoms with van der Waals surface area (Å²) in [4.78, 5) is 0. The van der Waals surface area contributed by atoms with E-state index in [4.69, 9.17) is 5.73 Å². The van der Waals surface area contributed by atoms with Crippen LogP contribution in [0.4, 0.5) is 0 Å². The molecule has 1 aromatic carbocycles. The molecule has 2 rings (SSSR count). The van der Waals surface area contributed by atoms with E-state index >= 15 is 0 Å². The van der Waals surface area contributed by atoms with Crippen LogP contribution in [0.2, 0.25) is 0 Å². The third-order valence-electron chi connectivity index (χ3n) is 3.45. The summed E-state index contributed by atoms with van der Waals surface area (Å²) in [6, 6.07) is 5.50. The number of nitrogens with two attached hydrogens (primary N) is 1. The van der Waals surface area contributed by atoms with Crippen LogP contribution in [0.3, 0.4) is 0 Å². The van der Waals surface area contributed by atoms with Crippen molar-refractivity contribution in [3.05, 3.63) is 28.2 Å². The molecular formula is C12H16BrNO. The van der Waals surface area contributed by atoms with Gasteiger partial charge in [-0.25, -0.2) is 0 Å². The predicted molar refractivity (Wildman–Crippen MR) is 65.0 cm³/mol. The second-order valence-corrected chi connectivity index (χ2v) is 5.19. The largest absolute Gasteiger partial charge is 0.508 e. The van der Waals surface area contributed by atoms with Crippen molar-refractivity contribution in [3.8, 4) is 5.75 Å². The van der Waals surface area contributed by atoms with Crippen molar-refractivity contribution >= 4 is 15.9 Å².